The summed E-state index contributed by atoms with van der Waals surface area (Å²) in [5.74, 6) is 0.483. The number of nitrogens with one attached hydrogen (secondary N) is 2. The van der Waals surface area contributed by atoms with Crippen LogP contribution in [-0.4, -0.2) is 15.1 Å². The van der Waals surface area contributed by atoms with Gasteiger partial charge >= 0.3 is 0 Å². The zero-order valence-corrected chi connectivity index (χ0v) is 9.28. The topological polar surface area (TPSA) is 60.9 Å². The van der Waals surface area contributed by atoms with Crippen LogP contribution in [0, 0.1) is 5.82 Å². The predicted octanol–water partition coefficient (Wildman–Crippen LogP) is 1.33. The van der Waals surface area contributed by atoms with Crippen molar-refractivity contribution >= 4 is 0 Å². The molecule has 3 N–H and O–H groups in total. The van der Waals surface area contributed by atoms with Gasteiger partial charge in [-0.25, -0.2) is 9.37 Å². The van der Waals surface area contributed by atoms with Gasteiger partial charge < -0.3 is 15.4 Å². The number of hydrogen-bond donors (Lipinski definition) is 3. The van der Waals surface area contributed by atoms with E-state index in [1.165, 1.54) is 6.07 Å². The smallest absolute Gasteiger partial charge is 0.128 e. The van der Waals surface area contributed by atoms with Gasteiger partial charge in [-0.1, -0.05) is 6.07 Å². The molecule has 17 heavy (non-hydrogen) atoms. The third kappa shape index (κ3) is 3.12. The summed E-state index contributed by atoms with van der Waals surface area (Å²) in [4.78, 5) is 7.06. The highest BCUT2D eigenvalue weighted by Gasteiger charge is 2.02. The third-order valence-corrected chi connectivity index (χ3v) is 2.46. The SMILES string of the molecule is OCc1cc(CNCc2ncc[nH]2)ccc1F. The highest BCUT2D eigenvalue weighted by Crippen LogP contribution is 2.10. The van der Waals surface area contributed by atoms with Crippen LogP contribution in [0.5, 0.6) is 0 Å². The lowest BCUT2D eigenvalue weighted by Gasteiger charge is -2.05. The molecule has 1 aromatic heterocycles. The molecule has 4 nitrogen and oxygen atoms in total. The van der Waals surface area contributed by atoms with E-state index < -0.39 is 0 Å². The summed E-state index contributed by atoms with van der Waals surface area (Å²) in [5.41, 5.74) is 1.25. The fourth-order valence-corrected chi connectivity index (χ4v) is 1.58. The van der Waals surface area contributed by atoms with E-state index in [1.807, 2.05) is 0 Å². The van der Waals surface area contributed by atoms with Crippen molar-refractivity contribution < 1.29 is 9.50 Å². The van der Waals surface area contributed by atoms with Crippen LogP contribution < -0.4 is 5.32 Å². The first kappa shape index (κ1) is 11.8. The van der Waals surface area contributed by atoms with Crippen molar-refractivity contribution in [3.63, 3.8) is 0 Å². The minimum Gasteiger partial charge on any atom is -0.392 e. The van der Waals surface area contributed by atoms with Crippen molar-refractivity contribution in [3.05, 3.63) is 53.4 Å². The van der Waals surface area contributed by atoms with Crippen LogP contribution in [-0.2, 0) is 19.7 Å². The van der Waals surface area contributed by atoms with E-state index in [0.29, 0.717) is 18.7 Å². The molecule has 0 saturated carbocycles. The molecule has 0 aliphatic rings. The summed E-state index contributed by atoms with van der Waals surface area (Å²) < 4.78 is 13.1. The molecule has 2 rings (SSSR count). The summed E-state index contributed by atoms with van der Waals surface area (Å²) >= 11 is 0. The molecule has 0 aliphatic heterocycles. The predicted molar refractivity (Wildman–Crippen MR) is 61.5 cm³/mol. The van der Waals surface area contributed by atoms with Crippen molar-refractivity contribution in [3.8, 4) is 0 Å². The molecule has 0 saturated heterocycles. The molecule has 90 valence electrons. The Morgan fingerprint density at radius 2 is 2.24 bits per heavy atom. The second-order valence-corrected chi connectivity index (χ2v) is 3.72. The van der Waals surface area contributed by atoms with Crippen LogP contribution in [0.1, 0.15) is 17.0 Å². The number of hydrogen-bond acceptors (Lipinski definition) is 3. The highest BCUT2D eigenvalue weighted by molar-refractivity contribution is 5.24. The van der Waals surface area contributed by atoms with Crippen molar-refractivity contribution in [2.45, 2.75) is 19.7 Å². The van der Waals surface area contributed by atoms with Crippen LogP contribution >= 0.6 is 0 Å². The number of aromatic amines is 1. The number of rotatable bonds is 5. The van der Waals surface area contributed by atoms with Gasteiger partial charge in [-0.05, 0) is 17.7 Å². The normalized spacial score (nSPS) is 10.7. The van der Waals surface area contributed by atoms with Crippen LogP contribution in [0.2, 0.25) is 0 Å². The Morgan fingerprint density at radius 3 is 2.94 bits per heavy atom. The van der Waals surface area contributed by atoms with Crippen LogP contribution in [0.15, 0.2) is 30.6 Å². The Bertz CT molecular complexity index is 471. The quantitative estimate of drug-likeness (QED) is 0.732. The molecular formula is C12H14FN3O. The Labute approximate surface area is 98.5 Å². The van der Waals surface area contributed by atoms with Gasteiger partial charge in [0, 0.05) is 24.5 Å². The van der Waals surface area contributed by atoms with E-state index in [4.69, 9.17) is 5.11 Å². The zero-order valence-electron chi connectivity index (χ0n) is 9.28. The minimum atomic E-state index is -0.373. The first-order valence-electron chi connectivity index (χ1n) is 5.36. The van der Waals surface area contributed by atoms with E-state index in [2.05, 4.69) is 15.3 Å². The number of aliphatic hydroxyl groups is 1. The van der Waals surface area contributed by atoms with E-state index in [9.17, 15) is 4.39 Å². The molecule has 0 radical (unpaired) electrons. The van der Waals surface area contributed by atoms with Gasteiger partial charge in [0.1, 0.15) is 11.6 Å². The standard InChI is InChI=1S/C12H14FN3O/c13-11-2-1-9(5-10(11)8-17)6-14-7-12-15-3-4-16-12/h1-5,14,17H,6-8H2,(H,15,16). The largest absolute Gasteiger partial charge is 0.392 e. The molecular weight excluding hydrogens is 221 g/mol. The van der Waals surface area contributed by atoms with Gasteiger partial charge in [0.2, 0.25) is 0 Å². The fourth-order valence-electron chi connectivity index (χ4n) is 1.58. The van der Waals surface area contributed by atoms with Gasteiger partial charge in [0.25, 0.3) is 0 Å². The summed E-state index contributed by atoms with van der Waals surface area (Å²) in [6.45, 7) is 0.949. The molecule has 2 aromatic rings. The molecule has 5 heteroatoms. The maximum atomic E-state index is 13.1. The maximum absolute atomic E-state index is 13.1. The summed E-state index contributed by atoms with van der Waals surface area (Å²) in [5, 5.41) is 12.1. The number of halogens is 1. The van der Waals surface area contributed by atoms with Crippen molar-refractivity contribution in [2.75, 3.05) is 0 Å². The lowest BCUT2D eigenvalue weighted by molar-refractivity contribution is 0.275. The fraction of sp³-hybridized carbons (Fsp3) is 0.250. The second-order valence-electron chi connectivity index (χ2n) is 3.72. The third-order valence-electron chi connectivity index (χ3n) is 2.46. The average molecular weight is 235 g/mol. The Kier molecular flexibility index (Phi) is 3.85. The summed E-state index contributed by atoms with van der Waals surface area (Å²) in [7, 11) is 0. The Morgan fingerprint density at radius 1 is 1.35 bits per heavy atom. The lowest BCUT2D eigenvalue weighted by Crippen LogP contribution is -2.14. The zero-order chi connectivity index (χ0) is 12.1. The number of imidazole rings is 1. The monoisotopic (exact) mass is 235 g/mol. The summed E-state index contributed by atoms with van der Waals surface area (Å²) in [6, 6.07) is 4.73. The molecule has 0 amide bonds. The number of aliphatic hydroxyl groups excluding tert-OH is 1. The van der Waals surface area contributed by atoms with E-state index in [-0.39, 0.29) is 12.4 Å². The lowest BCUT2D eigenvalue weighted by atomic mass is 10.1. The number of nitrogens with zero attached hydrogens (tertiary/aromatic N) is 1. The van der Waals surface area contributed by atoms with E-state index in [0.717, 1.165) is 11.4 Å². The van der Waals surface area contributed by atoms with Gasteiger partial charge in [-0.2, -0.15) is 0 Å². The second kappa shape index (κ2) is 5.56. The van der Waals surface area contributed by atoms with Gasteiger partial charge in [0.15, 0.2) is 0 Å². The molecule has 0 aliphatic carbocycles. The van der Waals surface area contributed by atoms with Gasteiger partial charge in [-0.15, -0.1) is 0 Å². The van der Waals surface area contributed by atoms with Crippen molar-refractivity contribution in [1.82, 2.24) is 15.3 Å². The van der Waals surface area contributed by atoms with E-state index >= 15 is 0 Å². The molecule has 0 spiro atoms. The minimum absolute atomic E-state index is 0.280. The van der Waals surface area contributed by atoms with Crippen LogP contribution in [0.4, 0.5) is 4.39 Å². The first-order chi connectivity index (χ1) is 8.29. The Hall–Kier alpha value is -1.72. The van der Waals surface area contributed by atoms with Crippen LogP contribution in [0.3, 0.4) is 0 Å². The molecule has 0 fully saturated rings. The number of benzene rings is 1. The van der Waals surface area contributed by atoms with Gasteiger partial charge in [-0.3, -0.25) is 0 Å². The number of H-pyrrole nitrogens is 1. The molecule has 0 unspecified atom stereocenters. The first-order valence-corrected chi connectivity index (χ1v) is 5.36. The van der Waals surface area contributed by atoms with Gasteiger partial charge in [0.05, 0.1) is 13.2 Å². The number of aromatic nitrogens is 2. The molecule has 1 aromatic carbocycles. The average Bonchev–Trinajstić information content (AvgIpc) is 2.84. The maximum Gasteiger partial charge on any atom is 0.128 e. The van der Waals surface area contributed by atoms with Crippen LogP contribution in [0.25, 0.3) is 0 Å². The van der Waals surface area contributed by atoms with E-state index in [1.54, 1.807) is 24.5 Å². The summed E-state index contributed by atoms with van der Waals surface area (Å²) in [6.07, 6.45) is 3.46. The molecule has 1 heterocycles. The van der Waals surface area contributed by atoms with Crippen molar-refractivity contribution in [1.29, 1.82) is 0 Å². The van der Waals surface area contributed by atoms with Crippen molar-refractivity contribution in [2.24, 2.45) is 0 Å². The Balaban J connectivity index is 1.90. The molecule has 0 atom stereocenters. The highest BCUT2D eigenvalue weighted by atomic mass is 19.1. The molecule has 0 bridgehead atoms.